The van der Waals surface area contributed by atoms with E-state index in [9.17, 15) is 14.4 Å². The number of hydrogen-bond acceptors (Lipinski definition) is 7. The Hall–Kier alpha value is -3.03. The summed E-state index contributed by atoms with van der Waals surface area (Å²) in [5.41, 5.74) is 0.913. The molecule has 1 aromatic carbocycles. The van der Waals surface area contributed by atoms with Crippen molar-refractivity contribution in [3.63, 3.8) is 0 Å². The third-order valence-electron chi connectivity index (χ3n) is 3.26. The zero-order chi connectivity index (χ0) is 20.2. The van der Waals surface area contributed by atoms with Crippen molar-refractivity contribution in [2.24, 2.45) is 0 Å². The number of hydrogen-bond donors (Lipinski definition) is 1. The summed E-state index contributed by atoms with van der Waals surface area (Å²) in [5, 5.41) is 2.26. The third-order valence-corrected chi connectivity index (χ3v) is 3.26. The van der Waals surface area contributed by atoms with Crippen LogP contribution in [0.15, 0.2) is 24.3 Å². The third kappa shape index (κ3) is 7.01. The highest BCUT2D eigenvalue weighted by Gasteiger charge is 2.31. The predicted octanol–water partition coefficient (Wildman–Crippen LogP) is 1.72. The van der Waals surface area contributed by atoms with E-state index in [0.29, 0.717) is 11.5 Å². The molecule has 1 rings (SSSR count). The van der Waals surface area contributed by atoms with Gasteiger partial charge in [-0.25, -0.2) is 9.59 Å². The van der Waals surface area contributed by atoms with E-state index in [1.54, 1.807) is 32.0 Å². The van der Waals surface area contributed by atoms with E-state index in [1.165, 1.54) is 7.11 Å². The van der Waals surface area contributed by atoms with Crippen molar-refractivity contribution < 1.29 is 33.3 Å². The van der Waals surface area contributed by atoms with Crippen molar-refractivity contribution >= 4 is 23.9 Å². The summed E-state index contributed by atoms with van der Waals surface area (Å²) >= 11 is 0. The van der Waals surface area contributed by atoms with Crippen LogP contribution >= 0.6 is 0 Å². The summed E-state index contributed by atoms with van der Waals surface area (Å²) in [5.74, 6) is -1.66. The van der Waals surface area contributed by atoms with Crippen LogP contribution in [-0.2, 0) is 23.9 Å². The molecule has 1 N–H and O–H groups in total. The Balaban J connectivity index is 2.76. The van der Waals surface area contributed by atoms with Gasteiger partial charge in [0.25, 0.3) is 5.91 Å². The molecule has 8 heteroatoms. The topological polar surface area (TPSA) is 100 Å². The number of rotatable bonds is 10. The maximum atomic E-state index is 12.1. The summed E-state index contributed by atoms with van der Waals surface area (Å²) in [4.78, 5) is 35.8. The van der Waals surface area contributed by atoms with Crippen LogP contribution in [0.5, 0.6) is 11.5 Å². The van der Waals surface area contributed by atoms with Gasteiger partial charge in [-0.05, 0) is 38.5 Å². The molecule has 1 aromatic rings. The molecular formula is C19H25NO7. The average molecular weight is 379 g/mol. The number of amides is 1. The first-order chi connectivity index (χ1) is 13.0. The Morgan fingerprint density at radius 1 is 1.07 bits per heavy atom. The number of methoxy groups -OCH3 is 1. The number of ether oxygens (including phenoxy) is 4. The van der Waals surface area contributed by atoms with Gasteiger partial charge in [-0.3, -0.25) is 4.79 Å². The second-order valence-electron chi connectivity index (χ2n) is 5.20. The molecule has 0 aromatic heterocycles. The lowest BCUT2D eigenvalue weighted by atomic mass is 10.2. The fraction of sp³-hybridized carbons (Fsp3) is 0.421. The maximum Gasteiger partial charge on any atom is 0.340 e. The highest BCUT2D eigenvalue weighted by molar-refractivity contribution is 6.02. The van der Waals surface area contributed by atoms with Crippen molar-refractivity contribution in [3.8, 4) is 11.5 Å². The van der Waals surface area contributed by atoms with Gasteiger partial charge in [-0.2, -0.15) is 0 Å². The van der Waals surface area contributed by atoms with Gasteiger partial charge in [0, 0.05) is 0 Å². The van der Waals surface area contributed by atoms with Gasteiger partial charge in [-0.15, -0.1) is 0 Å². The van der Waals surface area contributed by atoms with E-state index in [1.807, 2.05) is 19.1 Å². The van der Waals surface area contributed by atoms with E-state index in [4.69, 9.17) is 18.9 Å². The predicted molar refractivity (Wildman–Crippen MR) is 98.4 cm³/mol. The van der Waals surface area contributed by atoms with Crippen LogP contribution in [0.4, 0.5) is 0 Å². The van der Waals surface area contributed by atoms with Crippen molar-refractivity contribution in [1.82, 2.24) is 5.32 Å². The van der Waals surface area contributed by atoms with Gasteiger partial charge in [0.15, 0.2) is 18.1 Å². The monoisotopic (exact) mass is 379 g/mol. The number of esters is 2. The molecule has 0 fully saturated rings. The van der Waals surface area contributed by atoms with Crippen LogP contribution in [0.3, 0.4) is 0 Å². The van der Waals surface area contributed by atoms with Gasteiger partial charge < -0.3 is 24.3 Å². The normalized spacial score (nSPS) is 10.6. The summed E-state index contributed by atoms with van der Waals surface area (Å²) < 4.78 is 20.3. The molecule has 0 aliphatic heterocycles. The molecule has 0 unspecified atom stereocenters. The molecule has 0 saturated heterocycles. The largest absolute Gasteiger partial charge is 0.493 e. The number of allylic oxidation sites excluding steroid dienone is 1. The van der Waals surface area contributed by atoms with E-state index in [-0.39, 0.29) is 13.2 Å². The lowest BCUT2D eigenvalue weighted by molar-refractivity contribution is -0.159. The molecule has 148 valence electrons. The Morgan fingerprint density at radius 3 is 2.22 bits per heavy atom. The van der Waals surface area contributed by atoms with Crippen LogP contribution in [0.1, 0.15) is 26.3 Å². The molecule has 1 amide bonds. The van der Waals surface area contributed by atoms with Crippen molar-refractivity contribution in [1.29, 1.82) is 0 Å². The SMILES string of the molecule is C/C=C/c1ccc(OCC(=O)NC(C(=O)OCC)C(=O)OCC)c(OC)c1. The molecule has 8 nitrogen and oxygen atoms in total. The van der Waals surface area contributed by atoms with Gasteiger partial charge in [0.1, 0.15) is 0 Å². The Morgan fingerprint density at radius 2 is 1.70 bits per heavy atom. The first kappa shape index (κ1) is 22.0. The summed E-state index contributed by atoms with van der Waals surface area (Å²) in [7, 11) is 1.49. The zero-order valence-corrected chi connectivity index (χ0v) is 15.9. The van der Waals surface area contributed by atoms with E-state index < -0.39 is 30.5 Å². The van der Waals surface area contributed by atoms with E-state index in [2.05, 4.69) is 5.32 Å². The first-order valence-electron chi connectivity index (χ1n) is 8.52. The Kier molecular flexibility index (Phi) is 9.42. The van der Waals surface area contributed by atoms with Crippen molar-refractivity contribution in [2.75, 3.05) is 26.9 Å². The number of carbonyl (C=O) groups excluding carboxylic acids is 3. The number of nitrogens with one attached hydrogen (secondary N) is 1. The van der Waals surface area contributed by atoms with Crippen LogP contribution in [0.25, 0.3) is 6.08 Å². The van der Waals surface area contributed by atoms with Gasteiger partial charge in [-0.1, -0.05) is 18.2 Å². The van der Waals surface area contributed by atoms with Gasteiger partial charge in [0.05, 0.1) is 20.3 Å². The lowest BCUT2D eigenvalue weighted by Gasteiger charge is -2.16. The molecule has 0 radical (unpaired) electrons. The summed E-state index contributed by atoms with van der Waals surface area (Å²) in [6, 6.07) is 3.68. The molecule has 0 aliphatic carbocycles. The first-order valence-corrected chi connectivity index (χ1v) is 8.52. The Labute approximate surface area is 158 Å². The Bertz CT molecular complexity index is 667. The minimum Gasteiger partial charge on any atom is -0.493 e. The fourth-order valence-corrected chi connectivity index (χ4v) is 2.11. The molecule has 0 aliphatic rings. The smallest absolute Gasteiger partial charge is 0.340 e. The van der Waals surface area contributed by atoms with Crippen LogP contribution in [0, 0.1) is 0 Å². The minimum absolute atomic E-state index is 0.0663. The van der Waals surface area contributed by atoms with Crippen LogP contribution in [0.2, 0.25) is 0 Å². The standard InChI is InChI=1S/C19H25NO7/c1-5-8-13-9-10-14(15(11-13)24-4)27-12-16(21)20-17(18(22)25-6-2)19(23)26-7-3/h5,8-11,17H,6-7,12H2,1-4H3,(H,20,21)/b8-5+. The fourth-order valence-electron chi connectivity index (χ4n) is 2.11. The van der Waals surface area contributed by atoms with Crippen LogP contribution in [-0.4, -0.2) is 50.8 Å². The number of carbonyl (C=O) groups is 3. The molecule has 27 heavy (non-hydrogen) atoms. The molecule has 0 bridgehead atoms. The zero-order valence-electron chi connectivity index (χ0n) is 15.9. The minimum atomic E-state index is -1.54. The second kappa shape index (κ2) is 11.6. The molecular weight excluding hydrogens is 354 g/mol. The molecule has 0 saturated carbocycles. The summed E-state index contributed by atoms with van der Waals surface area (Å²) in [6.07, 6.45) is 3.77. The van der Waals surface area contributed by atoms with Gasteiger partial charge >= 0.3 is 11.9 Å². The maximum absolute atomic E-state index is 12.1. The second-order valence-corrected chi connectivity index (χ2v) is 5.20. The van der Waals surface area contributed by atoms with Crippen LogP contribution < -0.4 is 14.8 Å². The molecule has 0 heterocycles. The van der Waals surface area contributed by atoms with Crippen molar-refractivity contribution in [3.05, 3.63) is 29.8 Å². The highest BCUT2D eigenvalue weighted by atomic mass is 16.6. The number of benzene rings is 1. The van der Waals surface area contributed by atoms with E-state index >= 15 is 0 Å². The van der Waals surface area contributed by atoms with E-state index in [0.717, 1.165) is 5.56 Å². The highest BCUT2D eigenvalue weighted by Crippen LogP contribution is 2.28. The lowest BCUT2D eigenvalue weighted by Crippen LogP contribution is -2.49. The van der Waals surface area contributed by atoms with Crippen molar-refractivity contribution in [2.45, 2.75) is 26.8 Å². The molecule has 0 spiro atoms. The van der Waals surface area contributed by atoms with Gasteiger partial charge in [0.2, 0.25) is 6.04 Å². The average Bonchev–Trinajstić information content (AvgIpc) is 2.65. The molecule has 0 atom stereocenters. The quantitative estimate of drug-likeness (QED) is 0.488. The summed E-state index contributed by atoms with van der Waals surface area (Å²) in [6.45, 7) is 4.79.